The molecule has 0 bridgehead atoms. The summed E-state index contributed by atoms with van der Waals surface area (Å²) in [5.41, 5.74) is -0.865. The summed E-state index contributed by atoms with van der Waals surface area (Å²) < 4.78 is 67.2. The molecule has 20 heteroatoms. The number of ether oxygens (including phenoxy) is 11. The minimum atomic E-state index is -1.53. The van der Waals surface area contributed by atoms with Gasteiger partial charge in [-0.05, 0) is 79.5 Å². The first-order chi connectivity index (χ1) is 34.3. The SMILES string of the molecule is CC[C@H]1OC(=O)C[C@@H](OC(C)=O)[C@H](C)[C@@H](O[C@@H]2O[C@H](C)[C@@H](O[C@H]3C[C@@](C)(O)[C@@H](OC(=O)CC(C)C)[C@H](C)O3)[C@H](N(C)C)[C@H]2O)[C@@H](CC=O)C[C@@H](C)C(=O)C=CC(C)=C[C@@H]1CO[C@@H]1O[C@H](C)[C@@H](O)[C@@H](OC)[C@H]1OC. The fraction of sp³-hybridized carbons (Fsp3) is 0.830. The number of rotatable bonds is 17. The minimum Gasteiger partial charge on any atom is -0.462 e. The number of hydrogen-bond acceptors (Lipinski definition) is 20. The second-order valence-corrected chi connectivity index (χ2v) is 21.4. The third-order valence-electron chi connectivity index (χ3n) is 14.5. The van der Waals surface area contributed by atoms with Crippen LogP contribution >= 0.6 is 0 Å². The number of aliphatic hydroxyl groups is 3. The van der Waals surface area contributed by atoms with Crippen molar-refractivity contribution in [3.63, 3.8) is 0 Å². The molecule has 4 rings (SSSR count). The van der Waals surface area contributed by atoms with Gasteiger partial charge in [-0.15, -0.1) is 0 Å². The number of carbonyl (C=O) groups is 5. The highest BCUT2D eigenvalue weighted by Crippen LogP contribution is 2.39. The van der Waals surface area contributed by atoms with Gasteiger partial charge in [-0.2, -0.15) is 0 Å². The molecule has 4 aliphatic rings. The van der Waals surface area contributed by atoms with Gasteiger partial charge in [0.15, 0.2) is 30.8 Å². The molecule has 0 unspecified atom stereocenters. The van der Waals surface area contributed by atoms with Crippen molar-refractivity contribution in [2.24, 2.45) is 29.6 Å². The van der Waals surface area contributed by atoms with Crippen LogP contribution in [0.1, 0.15) is 115 Å². The highest BCUT2D eigenvalue weighted by Gasteiger charge is 2.53. The molecule has 0 aromatic heterocycles. The summed E-state index contributed by atoms with van der Waals surface area (Å²) in [6.45, 7) is 18.7. The first-order valence-corrected chi connectivity index (χ1v) is 25.9. The Balaban J connectivity index is 1.66. The fourth-order valence-corrected chi connectivity index (χ4v) is 10.6. The summed E-state index contributed by atoms with van der Waals surface area (Å²) >= 11 is 0. The molecule has 20 nitrogen and oxygen atoms in total. The number of allylic oxidation sites excluding steroid dienone is 3. The summed E-state index contributed by atoms with van der Waals surface area (Å²) in [6.07, 6.45) is -8.67. The summed E-state index contributed by atoms with van der Waals surface area (Å²) in [6, 6.07) is -0.809. The molecule has 0 radical (unpaired) electrons. The molecular weight excluding hydrogens is 955 g/mol. The summed E-state index contributed by atoms with van der Waals surface area (Å²) in [4.78, 5) is 67.9. The molecule has 0 aromatic rings. The van der Waals surface area contributed by atoms with E-state index in [0.717, 1.165) is 0 Å². The molecule has 3 N–H and O–H groups in total. The van der Waals surface area contributed by atoms with E-state index in [1.54, 1.807) is 73.5 Å². The van der Waals surface area contributed by atoms with Crippen LogP contribution in [-0.4, -0.2) is 189 Å². The molecule has 3 fully saturated rings. The Kier molecular flexibility index (Phi) is 24.1. The van der Waals surface area contributed by atoms with E-state index < -0.39 is 152 Å². The normalized spacial score (nSPS) is 40.5. The Morgan fingerprint density at radius 3 is 2.12 bits per heavy atom. The molecule has 0 amide bonds. The van der Waals surface area contributed by atoms with Crippen LogP contribution in [0.2, 0.25) is 0 Å². The molecule has 418 valence electrons. The number of methoxy groups -OCH3 is 2. The Bertz CT molecular complexity index is 1860. The van der Waals surface area contributed by atoms with Gasteiger partial charge in [0.1, 0.15) is 54.6 Å². The van der Waals surface area contributed by atoms with E-state index in [-0.39, 0.29) is 44.0 Å². The largest absolute Gasteiger partial charge is 0.462 e. The first kappa shape index (κ1) is 62.3. The number of esters is 3. The van der Waals surface area contributed by atoms with Crippen molar-refractivity contribution in [2.75, 3.05) is 34.9 Å². The van der Waals surface area contributed by atoms with Crippen molar-refractivity contribution in [3.8, 4) is 0 Å². The lowest BCUT2D eigenvalue weighted by Crippen LogP contribution is -2.65. The van der Waals surface area contributed by atoms with Gasteiger partial charge in [0.05, 0.1) is 43.5 Å². The third kappa shape index (κ3) is 16.9. The van der Waals surface area contributed by atoms with Gasteiger partial charge in [-0.25, -0.2) is 0 Å². The number of aldehydes is 1. The van der Waals surface area contributed by atoms with Crippen molar-refractivity contribution in [3.05, 3.63) is 23.8 Å². The summed E-state index contributed by atoms with van der Waals surface area (Å²) in [5, 5.41) is 34.6. The van der Waals surface area contributed by atoms with E-state index >= 15 is 0 Å². The van der Waals surface area contributed by atoms with Gasteiger partial charge in [-0.1, -0.05) is 52.3 Å². The molecule has 73 heavy (non-hydrogen) atoms. The van der Waals surface area contributed by atoms with Crippen molar-refractivity contribution in [2.45, 2.75) is 218 Å². The number of hydrogen-bond donors (Lipinski definition) is 3. The minimum absolute atomic E-state index is 0.0378. The van der Waals surface area contributed by atoms with E-state index in [0.29, 0.717) is 18.3 Å². The van der Waals surface area contributed by atoms with Crippen LogP contribution in [0.3, 0.4) is 0 Å². The number of carbonyl (C=O) groups excluding carboxylic acids is 5. The number of cyclic esters (lactones) is 1. The van der Waals surface area contributed by atoms with Crippen LogP contribution in [0.25, 0.3) is 0 Å². The highest BCUT2D eigenvalue weighted by atomic mass is 16.7. The highest BCUT2D eigenvalue weighted by molar-refractivity contribution is 5.91. The van der Waals surface area contributed by atoms with Gasteiger partial charge in [0, 0.05) is 58.2 Å². The van der Waals surface area contributed by atoms with E-state index in [2.05, 4.69) is 0 Å². The molecule has 0 saturated carbocycles. The van der Waals surface area contributed by atoms with Crippen LogP contribution in [0, 0.1) is 29.6 Å². The molecular formula is C53H87NO19. The molecule has 21 atom stereocenters. The maximum absolute atomic E-state index is 14.2. The molecule has 3 saturated heterocycles. The number of likely N-dealkylation sites (N-methyl/N-ethyl adjacent to an activating group) is 1. The second-order valence-electron chi connectivity index (χ2n) is 21.4. The molecule has 4 aliphatic heterocycles. The van der Waals surface area contributed by atoms with Crippen LogP contribution in [0.15, 0.2) is 23.8 Å². The smallest absolute Gasteiger partial charge is 0.309 e. The van der Waals surface area contributed by atoms with Gasteiger partial charge < -0.3 is 77.1 Å². The van der Waals surface area contributed by atoms with Crippen LogP contribution < -0.4 is 0 Å². The van der Waals surface area contributed by atoms with Gasteiger partial charge in [0.25, 0.3) is 0 Å². The summed E-state index contributed by atoms with van der Waals surface area (Å²) in [5.74, 6) is -4.87. The lowest BCUT2D eigenvalue weighted by atomic mass is 9.79. The summed E-state index contributed by atoms with van der Waals surface area (Å²) in [7, 11) is 6.41. The predicted molar refractivity (Wildman–Crippen MR) is 263 cm³/mol. The van der Waals surface area contributed by atoms with Gasteiger partial charge in [-0.3, -0.25) is 19.2 Å². The standard InChI is InChI=1S/C53H87NO19/c1-16-38-36(26-65-52-49(64-15)48(63-14)44(60)31(7)67-52)22-28(4)17-18-37(57)29(5)23-35(19-20-55)46(30(6)39(69-34(10)56)24-41(59)70-38)73-51-45(61)43(54(12)13)47(32(8)68-51)72-42-25-53(11,62)50(33(9)66-42)71-40(58)21-27(2)3/h17-18,20,22,27,29-33,35-36,38-39,42-52,60-62H,16,19,21,23-26H2,1-15H3/t29-,30+,31-,32-,33+,35+,36-,38-,39-,42+,43-,44-,45-,46-,47-,48-,49-,50+,51+,52-,53-/m1/s1. The zero-order valence-electron chi connectivity index (χ0n) is 45.7. The molecule has 0 spiro atoms. The Hall–Kier alpha value is -3.25. The van der Waals surface area contributed by atoms with E-state index in [1.807, 2.05) is 26.8 Å². The van der Waals surface area contributed by atoms with E-state index in [4.69, 9.17) is 52.1 Å². The third-order valence-corrected chi connectivity index (χ3v) is 14.5. The van der Waals surface area contributed by atoms with Crippen molar-refractivity contribution in [1.29, 1.82) is 0 Å². The average molecular weight is 1040 g/mol. The van der Waals surface area contributed by atoms with Crippen molar-refractivity contribution < 1.29 is 91.4 Å². The lowest BCUT2D eigenvalue weighted by Gasteiger charge is -2.50. The fourth-order valence-electron chi connectivity index (χ4n) is 10.6. The zero-order valence-corrected chi connectivity index (χ0v) is 45.7. The Labute approximate surface area is 432 Å². The quantitative estimate of drug-likeness (QED) is 0.106. The van der Waals surface area contributed by atoms with Crippen LogP contribution in [-0.2, 0) is 76.1 Å². The topological polar surface area (TPSA) is 251 Å². The number of aliphatic hydroxyl groups excluding tert-OH is 2. The molecule has 4 heterocycles. The number of nitrogens with zero attached hydrogens (tertiary/aromatic N) is 1. The van der Waals surface area contributed by atoms with Crippen molar-refractivity contribution in [1.82, 2.24) is 4.90 Å². The first-order valence-electron chi connectivity index (χ1n) is 25.9. The van der Waals surface area contributed by atoms with Crippen LogP contribution in [0.4, 0.5) is 0 Å². The zero-order chi connectivity index (χ0) is 54.6. The Morgan fingerprint density at radius 2 is 1.55 bits per heavy atom. The maximum atomic E-state index is 14.2. The van der Waals surface area contributed by atoms with Gasteiger partial charge in [0.2, 0.25) is 0 Å². The van der Waals surface area contributed by atoms with Gasteiger partial charge >= 0.3 is 17.9 Å². The second kappa shape index (κ2) is 28.2. The van der Waals surface area contributed by atoms with Crippen molar-refractivity contribution >= 4 is 30.0 Å². The monoisotopic (exact) mass is 1040 g/mol. The predicted octanol–water partition coefficient (Wildman–Crippen LogP) is 4.00. The molecule has 0 aromatic carbocycles. The maximum Gasteiger partial charge on any atom is 0.309 e. The van der Waals surface area contributed by atoms with E-state index in [1.165, 1.54) is 27.2 Å². The van der Waals surface area contributed by atoms with E-state index in [9.17, 15) is 39.3 Å². The molecule has 0 aliphatic carbocycles. The number of ketones is 1. The average Bonchev–Trinajstić information content (AvgIpc) is 3.29. The lowest BCUT2D eigenvalue weighted by molar-refractivity contribution is -0.342. The van der Waals surface area contributed by atoms with Crippen LogP contribution in [0.5, 0.6) is 0 Å². The Morgan fingerprint density at radius 1 is 0.890 bits per heavy atom.